The predicted octanol–water partition coefficient (Wildman–Crippen LogP) is 4.01. The Bertz CT molecular complexity index is 508. The Morgan fingerprint density at radius 1 is 1.12 bits per heavy atom. The number of benzene rings is 2. The van der Waals surface area contributed by atoms with Crippen LogP contribution in [0.25, 0.3) is 0 Å². The monoisotopic (exact) mass is 247 g/mol. The quantitative estimate of drug-likeness (QED) is 0.655. The molecule has 0 saturated heterocycles. The summed E-state index contributed by atoms with van der Waals surface area (Å²) in [5.74, 6) is 0.555. The number of thioether (sulfide) groups is 1. The lowest BCUT2D eigenvalue weighted by atomic mass is 10.2. The van der Waals surface area contributed by atoms with E-state index < -0.39 is 0 Å². The molecule has 0 fully saturated rings. The number of anilines is 1. The van der Waals surface area contributed by atoms with Crippen LogP contribution in [0, 0.1) is 12.7 Å². The topological polar surface area (TPSA) is 26.0 Å². The van der Waals surface area contributed by atoms with E-state index >= 15 is 0 Å². The van der Waals surface area contributed by atoms with Crippen molar-refractivity contribution in [2.75, 3.05) is 5.73 Å². The van der Waals surface area contributed by atoms with Crippen LogP contribution in [0.15, 0.2) is 47.4 Å². The summed E-state index contributed by atoms with van der Waals surface area (Å²) in [5.41, 5.74) is 8.87. The minimum absolute atomic E-state index is 0.245. The largest absolute Gasteiger partial charge is 0.398 e. The van der Waals surface area contributed by atoms with Gasteiger partial charge in [0.25, 0.3) is 0 Å². The fraction of sp³-hybridized carbons (Fsp3) is 0.143. The van der Waals surface area contributed by atoms with E-state index in [1.54, 1.807) is 17.8 Å². The molecule has 0 unspecified atom stereocenters. The number of hydrogen-bond donors (Lipinski definition) is 1. The smallest absolute Gasteiger partial charge is 0.124 e. The molecule has 0 aliphatic carbocycles. The first-order chi connectivity index (χ1) is 8.15. The lowest BCUT2D eigenvalue weighted by Crippen LogP contribution is -1.90. The van der Waals surface area contributed by atoms with E-state index in [1.165, 1.54) is 23.3 Å². The van der Waals surface area contributed by atoms with Crippen molar-refractivity contribution < 1.29 is 4.39 Å². The van der Waals surface area contributed by atoms with E-state index in [0.29, 0.717) is 5.69 Å². The lowest BCUT2D eigenvalue weighted by molar-refractivity contribution is 0.624. The van der Waals surface area contributed by atoms with Gasteiger partial charge in [-0.2, -0.15) is 0 Å². The maximum absolute atomic E-state index is 13.1. The first-order valence-electron chi connectivity index (χ1n) is 5.38. The molecule has 1 nitrogen and oxygen atoms in total. The molecule has 2 rings (SSSR count). The second kappa shape index (κ2) is 5.23. The molecule has 2 aromatic carbocycles. The molecule has 0 spiro atoms. The molecule has 0 atom stereocenters. The van der Waals surface area contributed by atoms with Gasteiger partial charge >= 0.3 is 0 Å². The van der Waals surface area contributed by atoms with E-state index in [-0.39, 0.29) is 5.82 Å². The molecule has 0 radical (unpaired) electrons. The predicted molar refractivity (Wildman–Crippen MR) is 71.6 cm³/mol. The van der Waals surface area contributed by atoms with Crippen LogP contribution in [0.3, 0.4) is 0 Å². The maximum atomic E-state index is 13.1. The highest BCUT2D eigenvalue weighted by Gasteiger charge is 2.02. The van der Waals surface area contributed by atoms with Crippen LogP contribution < -0.4 is 5.73 Å². The lowest BCUT2D eigenvalue weighted by Gasteiger charge is -2.06. The fourth-order valence-electron chi connectivity index (χ4n) is 1.48. The number of nitrogen functional groups attached to an aromatic ring is 1. The summed E-state index contributed by atoms with van der Waals surface area (Å²) in [5, 5.41) is 0. The molecule has 0 aliphatic heterocycles. The van der Waals surface area contributed by atoms with Gasteiger partial charge in [-0.05, 0) is 30.7 Å². The van der Waals surface area contributed by atoms with Crippen LogP contribution in [0.5, 0.6) is 0 Å². The van der Waals surface area contributed by atoms with Crippen LogP contribution in [-0.4, -0.2) is 0 Å². The molecular weight excluding hydrogens is 233 g/mol. The maximum Gasteiger partial charge on any atom is 0.124 e. The molecule has 17 heavy (non-hydrogen) atoms. The molecule has 0 aromatic heterocycles. The van der Waals surface area contributed by atoms with E-state index in [2.05, 4.69) is 31.2 Å². The Kier molecular flexibility index (Phi) is 3.69. The summed E-state index contributed by atoms with van der Waals surface area (Å²) >= 11 is 1.56. The fourth-order valence-corrected chi connectivity index (χ4v) is 2.42. The summed E-state index contributed by atoms with van der Waals surface area (Å²) < 4.78 is 13.1. The number of aryl methyl sites for hydroxylation is 1. The zero-order valence-electron chi connectivity index (χ0n) is 9.61. The van der Waals surface area contributed by atoms with Crippen molar-refractivity contribution in [2.24, 2.45) is 0 Å². The molecule has 2 N–H and O–H groups in total. The minimum Gasteiger partial charge on any atom is -0.398 e. The molecule has 2 aromatic rings. The van der Waals surface area contributed by atoms with Gasteiger partial charge in [0.1, 0.15) is 5.82 Å². The van der Waals surface area contributed by atoms with Crippen molar-refractivity contribution in [3.63, 3.8) is 0 Å². The summed E-state index contributed by atoms with van der Waals surface area (Å²) in [6, 6.07) is 12.8. The van der Waals surface area contributed by atoms with E-state index in [1.807, 2.05) is 0 Å². The van der Waals surface area contributed by atoms with E-state index in [0.717, 1.165) is 10.6 Å². The molecule has 0 saturated carbocycles. The van der Waals surface area contributed by atoms with Crippen LogP contribution in [0.4, 0.5) is 10.1 Å². The number of rotatable bonds is 3. The summed E-state index contributed by atoms with van der Waals surface area (Å²) in [7, 11) is 0. The van der Waals surface area contributed by atoms with E-state index in [4.69, 9.17) is 5.73 Å². The van der Waals surface area contributed by atoms with Gasteiger partial charge < -0.3 is 5.73 Å². The highest BCUT2D eigenvalue weighted by atomic mass is 32.2. The highest BCUT2D eigenvalue weighted by molar-refractivity contribution is 7.98. The molecule has 0 bridgehead atoms. The Morgan fingerprint density at radius 3 is 2.53 bits per heavy atom. The van der Waals surface area contributed by atoms with Crippen LogP contribution >= 0.6 is 11.8 Å². The molecule has 3 heteroatoms. The highest BCUT2D eigenvalue weighted by Crippen LogP contribution is 2.28. The van der Waals surface area contributed by atoms with Gasteiger partial charge in [-0.3, -0.25) is 0 Å². The van der Waals surface area contributed by atoms with E-state index in [9.17, 15) is 4.39 Å². The molecule has 0 aliphatic rings. The summed E-state index contributed by atoms with van der Waals surface area (Å²) in [6.45, 7) is 2.06. The van der Waals surface area contributed by atoms with Crippen LogP contribution in [-0.2, 0) is 5.75 Å². The van der Waals surface area contributed by atoms with Crippen molar-refractivity contribution in [3.05, 3.63) is 59.4 Å². The van der Waals surface area contributed by atoms with Crippen molar-refractivity contribution in [3.8, 4) is 0 Å². The van der Waals surface area contributed by atoms with Crippen LogP contribution in [0.2, 0.25) is 0 Å². The third kappa shape index (κ3) is 3.24. The van der Waals surface area contributed by atoms with Gasteiger partial charge in [-0.25, -0.2) is 4.39 Å². The SMILES string of the molecule is Cc1ccc(CSc2cc(F)ccc2N)cc1. The third-order valence-corrected chi connectivity index (χ3v) is 3.63. The van der Waals surface area contributed by atoms with Gasteiger partial charge in [-0.15, -0.1) is 11.8 Å². The Balaban J connectivity index is 2.07. The zero-order valence-corrected chi connectivity index (χ0v) is 10.4. The third-order valence-electron chi connectivity index (χ3n) is 2.49. The molecule has 88 valence electrons. The van der Waals surface area contributed by atoms with Gasteiger partial charge in [0, 0.05) is 16.3 Å². The first kappa shape index (κ1) is 12.0. The van der Waals surface area contributed by atoms with Crippen molar-refractivity contribution in [2.45, 2.75) is 17.6 Å². The number of hydrogen-bond acceptors (Lipinski definition) is 2. The zero-order chi connectivity index (χ0) is 12.3. The summed E-state index contributed by atoms with van der Waals surface area (Å²) in [4.78, 5) is 0.797. The number of halogens is 1. The minimum atomic E-state index is -0.245. The average Bonchev–Trinajstić information content (AvgIpc) is 2.32. The average molecular weight is 247 g/mol. The van der Waals surface area contributed by atoms with Crippen molar-refractivity contribution in [1.29, 1.82) is 0 Å². The first-order valence-corrected chi connectivity index (χ1v) is 6.37. The molecule has 0 heterocycles. The number of nitrogens with two attached hydrogens (primary N) is 1. The molecule has 0 amide bonds. The van der Waals surface area contributed by atoms with Gasteiger partial charge in [0.05, 0.1) is 0 Å². The Hall–Kier alpha value is -1.48. The van der Waals surface area contributed by atoms with Crippen molar-refractivity contribution in [1.82, 2.24) is 0 Å². The van der Waals surface area contributed by atoms with Crippen molar-refractivity contribution >= 4 is 17.4 Å². The normalized spacial score (nSPS) is 10.5. The Morgan fingerprint density at radius 2 is 1.82 bits per heavy atom. The van der Waals surface area contributed by atoms with Crippen LogP contribution in [0.1, 0.15) is 11.1 Å². The second-order valence-electron chi connectivity index (χ2n) is 3.96. The molecular formula is C14H14FNS. The second-order valence-corrected chi connectivity index (χ2v) is 4.97. The van der Waals surface area contributed by atoms with Gasteiger partial charge in [0.15, 0.2) is 0 Å². The standard InChI is InChI=1S/C14H14FNS/c1-10-2-4-11(5-3-10)9-17-14-8-12(15)6-7-13(14)16/h2-8H,9,16H2,1H3. The van der Waals surface area contributed by atoms with Gasteiger partial charge in [-0.1, -0.05) is 29.8 Å². The summed E-state index contributed by atoms with van der Waals surface area (Å²) in [6.07, 6.45) is 0. The Labute approximate surface area is 105 Å². The van der Waals surface area contributed by atoms with Gasteiger partial charge in [0.2, 0.25) is 0 Å².